The Kier molecular flexibility index (Phi) is 4.30. The number of hydrogen-bond donors (Lipinski definition) is 4. The first-order chi connectivity index (χ1) is 7.95. The molecule has 1 aromatic carbocycles. The number of carboxylic acids is 1. The summed E-state index contributed by atoms with van der Waals surface area (Å²) in [7, 11) is 0. The van der Waals surface area contributed by atoms with Gasteiger partial charge < -0.3 is 15.6 Å². The van der Waals surface area contributed by atoms with Gasteiger partial charge in [0.2, 0.25) is 5.88 Å². The number of ether oxygens (including phenoxy) is 1. The molecular weight excluding hydrogens is 297 g/mol. The maximum atomic E-state index is 13.4. The summed E-state index contributed by atoms with van der Waals surface area (Å²) in [6, 6.07) is 3.97. The molecule has 0 saturated carbocycles. The van der Waals surface area contributed by atoms with Gasteiger partial charge in [-0.3, -0.25) is 5.43 Å². The predicted molar refractivity (Wildman–Crippen MR) is 60.9 cm³/mol. The molecule has 0 aliphatic heterocycles. The summed E-state index contributed by atoms with van der Waals surface area (Å²) in [6.07, 6.45) is 0. The standard InChI is InChI=1S/C9H9BrFN3O3/c10-4-1-2-6(5(11)3-4)17-8(14-13)7(12)9(15)16/h1-3,14H,12-13H2,(H,15,16)/b8-7+. The van der Waals surface area contributed by atoms with Gasteiger partial charge >= 0.3 is 5.97 Å². The predicted octanol–water partition coefficient (Wildman–Crippen LogP) is 0.643. The van der Waals surface area contributed by atoms with Crippen molar-refractivity contribution in [1.82, 2.24) is 5.43 Å². The summed E-state index contributed by atoms with van der Waals surface area (Å²) in [5, 5.41) is 8.62. The molecule has 0 amide bonds. The average Bonchev–Trinajstić information content (AvgIpc) is 2.27. The Morgan fingerprint density at radius 1 is 1.53 bits per heavy atom. The molecule has 17 heavy (non-hydrogen) atoms. The molecule has 0 aromatic heterocycles. The second kappa shape index (κ2) is 5.51. The van der Waals surface area contributed by atoms with Crippen LogP contribution in [0.2, 0.25) is 0 Å². The number of benzene rings is 1. The first-order valence-electron chi connectivity index (χ1n) is 4.28. The number of halogens is 2. The molecule has 0 spiro atoms. The number of nitrogens with one attached hydrogen (secondary N) is 1. The Labute approximate surface area is 104 Å². The van der Waals surface area contributed by atoms with E-state index in [9.17, 15) is 9.18 Å². The molecule has 0 fully saturated rings. The SMILES string of the molecule is NN/C(Oc1ccc(Br)cc1F)=C(\N)C(=O)O. The molecule has 8 heteroatoms. The van der Waals surface area contributed by atoms with E-state index in [0.29, 0.717) is 4.47 Å². The lowest BCUT2D eigenvalue weighted by Gasteiger charge is -2.11. The van der Waals surface area contributed by atoms with Gasteiger partial charge in [0.1, 0.15) is 0 Å². The fourth-order valence-electron chi connectivity index (χ4n) is 0.927. The molecule has 92 valence electrons. The van der Waals surface area contributed by atoms with Crippen LogP contribution < -0.4 is 21.7 Å². The van der Waals surface area contributed by atoms with Crippen molar-refractivity contribution in [2.75, 3.05) is 0 Å². The van der Waals surface area contributed by atoms with E-state index < -0.39 is 23.4 Å². The van der Waals surface area contributed by atoms with Crippen LogP contribution in [-0.4, -0.2) is 11.1 Å². The van der Waals surface area contributed by atoms with Gasteiger partial charge in [-0.25, -0.2) is 15.0 Å². The van der Waals surface area contributed by atoms with E-state index in [4.69, 9.17) is 21.4 Å². The summed E-state index contributed by atoms with van der Waals surface area (Å²) >= 11 is 3.07. The smallest absolute Gasteiger partial charge is 0.357 e. The minimum absolute atomic E-state index is 0.203. The topological polar surface area (TPSA) is 111 Å². The second-order valence-electron chi connectivity index (χ2n) is 2.87. The third kappa shape index (κ3) is 3.33. The minimum atomic E-state index is -1.43. The van der Waals surface area contributed by atoms with Crippen LogP contribution in [0.5, 0.6) is 5.75 Å². The zero-order chi connectivity index (χ0) is 13.0. The molecule has 6 N–H and O–H groups in total. The van der Waals surface area contributed by atoms with E-state index in [1.54, 1.807) is 0 Å². The van der Waals surface area contributed by atoms with Gasteiger partial charge in [0.15, 0.2) is 17.3 Å². The highest BCUT2D eigenvalue weighted by Crippen LogP contribution is 2.22. The zero-order valence-electron chi connectivity index (χ0n) is 8.41. The Morgan fingerprint density at radius 3 is 2.65 bits per heavy atom. The van der Waals surface area contributed by atoms with Crippen LogP contribution in [-0.2, 0) is 4.79 Å². The van der Waals surface area contributed by atoms with Crippen molar-refractivity contribution < 1.29 is 19.0 Å². The van der Waals surface area contributed by atoms with E-state index in [-0.39, 0.29) is 5.75 Å². The second-order valence-corrected chi connectivity index (χ2v) is 3.78. The van der Waals surface area contributed by atoms with E-state index in [0.717, 1.165) is 6.07 Å². The molecular formula is C9H9BrFN3O3. The summed E-state index contributed by atoms with van der Waals surface area (Å²) in [5.41, 5.74) is 6.47. The average molecular weight is 306 g/mol. The van der Waals surface area contributed by atoms with Gasteiger partial charge in [0.05, 0.1) is 0 Å². The molecule has 0 atom stereocenters. The zero-order valence-corrected chi connectivity index (χ0v) is 9.99. The third-order valence-electron chi connectivity index (χ3n) is 1.71. The number of aliphatic carboxylic acids is 1. The molecule has 0 radical (unpaired) electrons. The maximum Gasteiger partial charge on any atom is 0.357 e. The molecule has 0 aliphatic carbocycles. The van der Waals surface area contributed by atoms with Gasteiger partial charge in [-0.05, 0) is 18.2 Å². The number of hydrazine groups is 1. The highest BCUT2D eigenvalue weighted by molar-refractivity contribution is 9.10. The molecule has 6 nitrogen and oxygen atoms in total. The molecule has 0 heterocycles. The van der Waals surface area contributed by atoms with Crippen molar-refractivity contribution in [3.8, 4) is 5.75 Å². The van der Waals surface area contributed by atoms with Gasteiger partial charge in [-0.1, -0.05) is 15.9 Å². The van der Waals surface area contributed by atoms with Crippen molar-refractivity contribution in [3.05, 3.63) is 40.1 Å². The van der Waals surface area contributed by atoms with Crippen LogP contribution >= 0.6 is 15.9 Å². The summed E-state index contributed by atoms with van der Waals surface area (Å²) in [5.74, 6) is 2.26. The molecule has 1 aromatic rings. The van der Waals surface area contributed by atoms with Gasteiger partial charge in [0.25, 0.3) is 0 Å². The largest absolute Gasteiger partial charge is 0.476 e. The number of carboxylic acid groups (broad SMARTS) is 1. The molecule has 0 bridgehead atoms. The fourth-order valence-corrected chi connectivity index (χ4v) is 1.26. The van der Waals surface area contributed by atoms with Crippen LogP contribution in [0.25, 0.3) is 0 Å². The highest BCUT2D eigenvalue weighted by atomic mass is 79.9. The maximum absolute atomic E-state index is 13.4. The van der Waals surface area contributed by atoms with Crippen LogP contribution in [0.1, 0.15) is 0 Å². The van der Waals surface area contributed by atoms with Crippen molar-refractivity contribution in [2.45, 2.75) is 0 Å². The van der Waals surface area contributed by atoms with Crippen molar-refractivity contribution in [2.24, 2.45) is 11.6 Å². The molecule has 0 aliphatic rings. The molecule has 0 unspecified atom stereocenters. The first kappa shape index (κ1) is 13.3. The normalized spacial score (nSPS) is 11.7. The van der Waals surface area contributed by atoms with Crippen molar-refractivity contribution in [1.29, 1.82) is 0 Å². The van der Waals surface area contributed by atoms with E-state index in [2.05, 4.69) is 15.9 Å². The lowest BCUT2D eigenvalue weighted by Crippen LogP contribution is -2.31. The van der Waals surface area contributed by atoms with Crippen LogP contribution in [0.4, 0.5) is 4.39 Å². The highest BCUT2D eigenvalue weighted by Gasteiger charge is 2.14. The van der Waals surface area contributed by atoms with Crippen LogP contribution in [0.3, 0.4) is 0 Å². The van der Waals surface area contributed by atoms with Crippen LogP contribution in [0, 0.1) is 5.82 Å². The Bertz CT molecular complexity index is 479. The van der Waals surface area contributed by atoms with E-state index in [1.165, 1.54) is 12.1 Å². The van der Waals surface area contributed by atoms with Gasteiger partial charge in [0, 0.05) is 4.47 Å². The number of nitrogens with two attached hydrogens (primary N) is 2. The number of rotatable bonds is 4. The third-order valence-corrected chi connectivity index (χ3v) is 2.21. The quantitative estimate of drug-likeness (QED) is 0.281. The number of carbonyl (C=O) groups is 1. The lowest BCUT2D eigenvalue weighted by atomic mass is 10.3. The lowest BCUT2D eigenvalue weighted by molar-refractivity contribution is -0.132. The van der Waals surface area contributed by atoms with Crippen molar-refractivity contribution >= 4 is 21.9 Å². The molecule has 1 rings (SSSR count). The summed E-state index contributed by atoms with van der Waals surface area (Å²) in [4.78, 5) is 10.6. The molecule has 0 saturated heterocycles. The Balaban J connectivity index is 3.04. The Morgan fingerprint density at radius 2 is 2.18 bits per heavy atom. The van der Waals surface area contributed by atoms with E-state index >= 15 is 0 Å². The minimum Gasteiger partial charge on any atom is -0.476 e. The summed E-state index contributed by atoms with van der Waals surface area (Å²) in [6.45, 7) is 0. The van der Waals surface area contributed by atoms with Crippen molar-refractivity contribution in [3.63, 3.8) is 0 Å². The monoisotopic (exact) mass is 305 g/mol. The fraction of sp³-hybridized carbons (Fsp3) is 0. The Hall–Kier alpha value is -1.80. The van der Waals surface area contributed by atoms with E-state index in [1.807, 2.05) is 5.43 Å². The van der Waals surface area contributed by atoms with Crippen LogP contribution in [0.15, 0.2) is 34.3 Å². The van der Waals surface area contributed by atoms with Gasteiger partial charge in [-0.15, -0.1) is 0 Å². The first-order valence-corrected chi connectivity index (χ1v) is 5.07. The summed E-state index contributed by atoms with van der Waals surface area (Å²) < 4.78 is 18.8. The number of hydrogen-bond acceptors (Lipinski definition) is 5. The van der Waals surface area contributed by atoms with Gasteiger partial charge in [-0.2, -0.15) is 0 Å².